The highest BCUT2D eigenvalue weighted by Gasteiger charge is 2.43. The van der Waals surface area contributed by atoms with Crippen molar-refractivity contribution in [2.45, 2.75) is 25.9 Å². The van der Waals surface area contributed by atoms with Crippen LogP contribution in [0.25, 0.3) is 0 Å². The number of hydrogen-bond donors (Lipinski definition) is 1. The topological polar surface area (TPSA) is 97.6 Å². The summed E-state index contributed by atoms with van der Waals surface area (Å²) in [4.78, 5) is 31.3. The average molecular weight is 346 g/mol. The van der Waals surface area contributed by atoms with Crippen LogP contribution in [0.3, 0.4) is 0 Å². The summed E-state index contributed by atoms with van der Waals surface area (Å²) >= 11 is 1.48. The highest BCUT2D eigenvalue weighted by atomic mass is 32.1. The van der Waals surface area contributed by atoms with Crippen LogP contribution in [0.5, 0.6) is 0 Å². The number of rotatable bonds is 4. The van der Waals surface area contributed by atoms with Crippen molar-refractivity contribution in [1.82, 2.24) is 20.4 Å². The number of cyclic esters (lactones) is 1. The van der Waals surface area contributed by atoms with E-state index in [0.29, 0.717) is 29.4 Å². The van der Waals surface area contributed by atoms with Crippen LogP contribution >= 0.6 is 11.3 Å². The van der Waals surface area contributed by atoms with Gasteiger partial charge >= 0.3 is 12.0 Å². The molecular weight excluding hydrogens is 332 g/mol. The van der Waals surface area contributed by atoms with Crippen LogP contribution in [0, 0.1) is 0 Å². The Hall–Kier alpha value is -2.68. The number of hydrogen-bond acceptors (Lipinski definition) is 7. The van der Waals surface area contributed by atoms with Crippen LogP contribution in [-0.4, -0.2) is 33.6 Å². The van der Waals surface area contributed by atoms with Gasteiger partial charge in [0.15, 0.2) is 5.82 Å². The first-order valence-electron chi connectivity index (χ1n) is 7.50. The fourth-order valence-electron chi connectivity index (χ4n) is 2.78. The number of aryl methyl sites for hydroxylation is 1. The third kappa shape index (κ3) is 2.37. The molecule has 0 radical (unpaired) electrons. The second-order valence-electron chi connectivity index (χ2n) is 5.38. The van der Waals surface area contributed by atoms with Gasteiger partial charge in [0, 0.05) is 11.3 Å². The SMILES string of the molecule is CCc1noc(CN2C(=O)N[C@H](c3cccs3)C3=C2COC3=O)n1. The molecule has 0 saturated heterocycles. The van der Waals surface area contributed by atoms with Crippen LogP contribution in [0.4, 0.5) is 4.79 Å². The maximum atomic E-state index is 12.6. The van der Waals surface area contributed by atoms with Crippen molar-refractivity contribution in [3.63, 3.8) is 0 Å². The second-order valence-corrected chi connectivity index (χ2v) is 6.36. The molecule has 2 amide bonds. The molecule has 2 aromatic heterocycles. The Balaban J connectivity index is 1.69. The van der Waals surface area contributed by atoms with Crippen molar-refractivity contribution < 1.29 is 18.8 Å². The van der Waals surface area contributed by atoms with E-state index >= 15 is 0 Å². The Labute approximate surface area is 141 Å². The number of aromatic nitrogens is 2. The quantitative estimate of drug-likeness (QED) is 0.848. The van der Waals surface area contributed by atoms with Crippen LogP contribution in [0.2, 0.25) is 0 Å². The van der Waals surface area contributed by atoms with Crippen LogP contribution < -0.4 is 5.32 Å². The lowest BCUT2D eigenvalue weighted by atomic mass is 10.0. The van der Waals surface area contributed by atoms with Gasteiger partial charge in [0.05, 0.1) is 17.3 Å². The predicted octanol–water partition coefficient (Wildman–Crippen LogP) is 1.77. The molecule has 8 nitrogen and oxygen atoms in total. The van der Waals surface area contributed by atoms with E-state index in [0.717, 1.165) is 4.88 Å². The summed E-state index contributed by atoms with van der Waals surface area (Å²) in [6.45, 7) is 2.08. The van der Waals surface area contributed by atoms with Gasteiger partial charge in [0.2, 0.25) is 5.89 Å². The van der Waals surface area contributed by atoms with Gasteiger partial charge in [-0.1, -0.05) is 18.1 Å². The second kappa shape index (κ2) is 5.75. The molecule has 4 rings (SSSR count). The molecule has 2 aliphatic rings. The Kier molecular flexibility index (Phi) is 3.57. The van der Waals surface area contributed by atoms with Crippen molar-refractivity contribution in [3.05, 3.63) is 45.4 Å². The third-order valence-electron chi connectivity index (χ3n) is 3.95. The number of nitrogens with one attached hydrogen (secondary N) is 1. The minimum absolute atomic E-state index is 0.0677. The number of carbonyl (C=O) groups is 2. The Bertz CT molecular complexity index is 826. The number of carbonyl (C=O) groups excluding carboxylic acids is 2. The molecule has 124 valence electrons. The lowest BCUT2D eigenvalue weighted by Crippen LogP contribution is -2.46. The molecule has 1 atom stereocenters. The van der Waals surface area contributed by atoms with Crippen molar-refractivity contribution in [3.8, 4) is 0 Å². The number of ether oxygens (including phenoxy) is 1. The maximum absolute atomic E-state index is 12.6. The lowest BCUT2D eigenvalue weighted by Gasteiger charge is -2.31. The minimum Gasteiger partial charge on any atom is -0.456 e. The van der Waals surface area contributed by atoms with Gasteiger partial charge in [0.1, 0.15) is 13.2 Å². The Morgan fingerprint density at radius 3 is 3.04 bits per heavy atom. The van der Waals surface area contributed by atoms with Gasteiger partial charge in [-0.15, -0.1) is 11.3 Å². The molecule has 1 N–H and O–H groups in total. The molecule has 0 unspecified atom stereocenters. The van der Waals surface area contributed by atoms with Gasteiger partial charge in [-0.3, -0.25) is 4.90 Å². The van der Waals surface area contributed by atoms with E-state index in [1.54, 1.807) is 0 Å². The summed E-state index contributed by atoms with van der Waals surface area (Å²) in [5.74, 6) is 0.489. The molecular formula is C15H14N4O4S. The predicted molar refractivity (Wildman–Crippen MR) is 82.8 cm³/mol. The van der Waals surface area contributed by atoms with Crippen molar-refractivity contribution in [2.24, 2.45) is 0 Å². The number of amides is 2. The minimum atomic E-state index is -0.479. The average Bonchev–Trinajstić information content (AvgIpc) is 3.31. The fourth-order valence-corrected chi connectivity index (χ4v) is 3.56. The number of thiophene rings is 1. The number of urea groups is 1. The summed E-state index contributed by atoms with van der Waals surface area (Å²) in [5.41, 5.74) is 1.02. The first-order valence-corrected chi connectivity index (χ1v) is 8.38. The first-order chi connectivity index (χ1) is 11.7. The van der Waals surface area contributed by atoms with E-state index in [4.69, 9.17) is 9.26 Å². The summed E-state index contributed by atoms with van der Waals surface area (Å²) < 4.78 is 10.3. The van der Waals surface area contributed by atoms with E-state index < -0.39 is 12.0 Å². The van der Waals surface area contributed by atoms with Crippen molar-refractivity contribution in [2.75, 3.05) is 6.61 Å². The van der Waals surface area contributed by atoms with Crippen molar-refractivity contribution >= 4 is 23.3 Å². The van der Waals surface area contributed by atoms with Gasteiger partial charge in [-0.2, -0.15) is 4.98 Å². The molecule has 0 bridgehead atoms. The van der Waals surface area contributed by atoms with Crippen molar-refractivity contribution in [1.29, 1.82) is 0 Å². The first kappa shape index (κ1) is 14.9. The Morgan fingerprint density at radius 2 is 2.33 bits per heavy atom. The summed E-state index contributed by atoms with van der Waals surface area (Å²) in [7, 11) is 0. The fraction of sp³-hybridized carbons (Fsp3) is 0.333. The standard InChI is InChI=1S/C15H14N4O4S/c1-2-10-16-11(23-18-10)6-19-8-7-22-14(20)12(8)13(17-15(19)21)9-4-3-5-24-9/h3-5,13H,2,6-7H2,1H3,(H,17,21)/t13-/m1/s1. The third-order valence-corrected chi connectivity index (χ3v) is 4.88. The highest BCUT2D eigenvalue weighted by molar-refractivity contribution is 7.10. The van der Waals surface area contributed by atoms with Gasteiger partial charge in [0.25, 0.3) is 0 Å². The van der Waals surface area contributed by atoms with Gasteiger partial charge in [-0.25, -0.2) is 9.59 Å². The molecule has 0 spiro atoms. The monoisotopic (exact) mass is 346 g/mol. The molecule has 4 heterocycles. The van der Waals surface area contributed by atoms with Crippen LogP contribution in [-0.2, 0) is 22.5 Å². The van der Waals surface area contributed by atoms with E-state index in [-0.39, 0.29) is 19.2 Å². The zero-order valence-corrected chi connectivity index (χ0v) is 13.6. The molecule has 9 heteroatoms. The smallest absolute Gasteiger partial charge is 0.338 e. The number of esters is 1. The van der Waals surface area contributed by atoms with E-state index in [1.807, 2.05) is 24.4 Å². The summed E-state index contributed by atoms with van der Waals surface area (Å²) in [5, 5.41) is 8.59. The molecule has 0 aliphatic carbocycles. The van der Waals surface area contributed by atoms with E-state index in [2.05, 4.69) is 15.5 Å². The molecule has 0 fully saturated rings. The molecule has 24 heavy (non-hydrogen) atoms. The molecule has 0 aromatic carbocycles. The summed E-state index contributed by atoms with van der Waals surface area (Å²) in [6, 6.07) is 2.96. The number of nitrogens with zero attached hydrogens (tertiary/aromatic N) is 3. The van der Waals surface area contributed by atoms with Crippen LogP contribution in [0.1, 0.15) is 29.6 Å². The zero-order valence-electron chi connectivity index (χ0n) is 12.8. The summed E-state index contributed by atoms with van der Waals surface area (Å²) in [6.07, 6.45) is 0.645. The molecule has 2 aliphatic heterocycles. The largest absolute Gasteiger partial charge is 0.456 e. The van der Waals surface area contributed by atoms with E-state index in [9.17, 15) is 9.59 Å². The Morgan fingerprint density at radius 1 is 1.46 bits per heavy atom. The molecule has 2 aromatic rings. The van der Waals surface area contributed by atoms with Crippen LogP contribution in [0.15, 0.2) is 33.3 Å². The maximum Gasteiger partial charge on any atom is 0.338 e. The van der Waals surface area contributed by atoms with E-state index in [1.165, 1.54) is 16.2 Å². The zero-order chi connectivity index (χ0) is 16.7. The van der Waals surface area contributed by atoms with Gasteiger partial charge < -0.3 is 14.6 Å². The lowest BCUT2D eigenvalue weighted by molar-refractivity contribution is -0.136. The van der Waals surface area contributed by atoms with Gasteiger partial charge in [-0.05, 0) is 11.4 Å². The normalized spacial score (nSPS) is 20.2. The molecule has 0 saturated carbocycles. The highest BCUT2D eigenvalue weighted by Crippen LogP contribution is 2.37.